The van der Waals surface area contributed by atoms with Gasteiger partial charge in [0.25, 0.3) is 0 Å². The number of allylic oxidation sites excluding steroid dienone is 6. The van der Waals surface area contributed by atoms with Gasteiger partial charge < -0.3 is 4.42 Å². The van der Waals surface area contributed by atoms with Crippen molar-refractivity contribution in [3.8, 4) is 0 Å². The Bertz CT molecular complexity index is 416. The van der Waals surface area contributed by atoms with Crippen molar-refractivity contribution in [3.05, 3.63) is 60.6 Å². The zero-order valence-corrected chi connectivity index (χ0v) is 7.94. The van der Waals surface area contributed by atoms with Crippen molar-refractivity contribution in [2.75, 3.05) is 0 Å². The van der Waals surface area contributed by atoms with E-state index >= 15 is 0 Å². The third kappa shape index (κ3) is 1.77. The molecule has 14 heavy (non-hydrogen) atoms. The molecule has 1 aliphatic carbocycles. The van der Waals surface area contributed by atoms with Crippen molar-refractivity contribution in [2.24, 2.45) is 0 Å². The van der Waals surface area contributed by atoms with Crippen molar-refractivity contribution in [1.82, 2.24) is 0 Å². The number of hydrogen-bond donors (Lipinski definition) is 0. The molecule has 0 radical (unpaired) electrons. The number of rotatable bonds is 2. The van der Waals surface area contributed by atoms with Gasteiger partial charge >= 0.3 is 0 Å². The van der Waals surface area contributed by atoms with E-state index in [1.54, 1.807) is 6.08 Å². The normalized spacial score (nSPS) is 15.0. The van der Waals surface area contributed by atoms with E-state index in [0.29, 0.717) is 0 Å². The minimum absolute atomic E-state index is 0.812. The minimum Gasteiger partial charge on any atom is -0.457 e. The van der Waals surface area contributed by atoms with E-state index in [9.17, 15) is 0 Å². The molecule has 0 atom stereocenters. The molecule has 70 valence electrons. The maximum absolute atomic E-state index is 5.56. The van der Waals surface area contributed by atoms with E-state index in [2.05, 4.69) is 24.8 Å². The van der Waals surface area contributed by atoms with Crippen LogP contribution < -0.4 is 0 Å². The lowest BCUT2D eigenvalue weighted by molar-refractivity contribution is 0.544. The first-order valence-electron chi connectivity index (χ1n) is 4.66. The molecule has 0 N–H and O–H groups in total. The lowest BCUT2D eigenvalue weighted by Gasteiger charge is -1.95. The highest BCUT2D eigenvalue weighted by molar-refractivity contribution is 5.72. The Balaban J connectivity index is 2.30. The van der Waals surface area contributed by atoms with Gasteiger partial charge in [-0.3, -0.25) is 0 Å². The lowest BCUT2D eigenvalue weighted by atomic mass is 10.2. The summed E-state index contributed by atoms with van der Waals surface area (Å²) < 4.78 is 5.56. The van der Waals surface area contributed by atoms with Crippen molar-refractivity contribution < 1.29 is 4.42 Å². The van der Waals surface area contributed by atoms with Crippen LogP contribution in [-0.2, 0) is 0 Å². The largest absolute Gasteiger partial charge is 0.457 e. The average Bonchev–Trinajstić information content (AvgIpc) is 2.53. The Kier molecular flexibility index (Phi) is 2.50. The fourth-order valence-electron chi connectivity index (χ4n) is 1.38. The van der Waals surface area contributed by atoms with E-state index in [1.165, 1.54) is 0 Å². The van der Waals surface area contributed by atoms with Crippen molar-refractivity contribution in [1.29, 1.82) is 0 Å². The molecule has 0 unspecified atom stereocenters. The highest BCUT2D eigenvalue weighted by atomic mass is 16.3. The van der Waals surface area contributed by atoms with Crippen LogP contribution in [0.1, 0.15) is 17.9 Å². The molecule has 0 saturated heterocycles. The summed E-state index contributed by atoms with van der Waals surface area (Å²) in [6, 6.07) is 3.90. The zero-order valence-electron chi connectivity index (χ0n) is 7.94. The molecule has 0 amide bonds. The van der Waals surface area contributed by atoms with Gasteiger partial charge in [-0.05, 0) is 24.6 Å². The van der Waals surface area contributed by atoms with Crippen molar-refractivity contribution >= 4 is 11.6 Å². The van der Waals surface area contributed by atoms with Crippen LogP contribution in [0, 0.1) is 0 Å². The molecule has 1 nitrogen and oxygen atoms in total. The lowest BCUT2D eigenvalue weighted by Crippen LogP contribution is -1.74. The summed E-state index contributed by atoms with van der Waals surface area (Å²) in [4.78, 5) is 0. The topological polar surface area (TPSA) is 13.1 Å². The molecule has 1 heteroatoms. The van der Waals surface area contributed by atoms with Gasteiger partial charge in [-0.15, -0.1) is 0 Å². The molecular formula is C13H12O. The highest BCUT2D eigenvalue weighted by Crippen LogP contribution is 2.21. The smallest absolute Gasteiger partial charge is 0.134 e. The second kappa shape index (κ2) is 3.97. The second-order valence-electron chi connectivity index (χ2n) is 3.09. The monoisotopic (exact) mass is 184 g/mol. The second-order valence-corrected chi connectivity index (χ2v) is 3.09. The van der Waals surface area contributed by atoms with Gasteiger partial charge in [0.1, 0.15) is 11.5 Å². The van der Waals surface area contributed by atoms with Crippen molar-refractivity contribution in [3.63, 3.8) is 0 Å². The van der Waals surface area contributed by atoms with Gasteiger partial charge in [0.05, 0.1) is 0 Å². The highest BCUT2D eigenvalue weighted by Gasteiger charge is 2.03. The SMILES string of the molecule is C=Cc1ccc(C2=CCC=CC=C2)o1. The van der Waals surface area contributed by atoms with E-state index in [1.807, 2.05) is 24.3 Å². The Labute approximate surface area is 83.7 Å². The molecule has 0 fully saturated rings. The first kappa shape index (κ1) is 8.82. The Hall–Kier alpha value is -1.76. The van der Waals surface area contributed by atoms with Gasteiger partial charge in [-0.2, -0.15) is 0 Å². The third-order valence-corrected chi connectivity index (χ3v) is 2.11. The summed E-state index contributed by atoms with van der Waals surface area (Å²) in [6.45, 7) is 3.66. The first-order valence-corrected chi connectivity index (χ1v) is 4.66. The maximum Gasteiger partial charge on any atom is 0.134 e. The molecule has 0 aromatic carbocycles. The van der Waals surface area contributed by atoms with Gasteiger partial charge in [-0.25, -0.2) is 0 Å². The van der Waals surface area contributed by atoms with E-state index in [4.69, 9.17) is 4.42 Å². The summed E-state index contributed by atoms with van der Waals surface area (Å²) in [5.41, 5.74) is 1.13. The minimum atomic E-state index is 0.812. The maximum atomic E-state index is 5.56. The van der Waals surface area contributed by atoms with Crippen LogP contribution in [-0.4, -0.2) is 0 Å². The molecule has 0 aliphatic heterocycles. The molecule has 1 aliphatic rings. The van der Waals surface area contributed by atoms with Crippen LogP contribution in [0.3, 0.4) is 0 Å². The van der Waals surface area contributed by atoms with Gasteiger partial charge in [0.15, 0.2) is 0 Å². The first-order chi connectivity index (χ1) is 6.90. The van der Waals surface area contributed by atoms with E-state index in [0.717, 1.165) is 23.5 Å². The molecular weight excluding hydrogens is 172 g/mol. The Morgan fingerprint density at radius 1 is 1.29 bits per heavy atom. The third-order valence-electron chi connectivity index (χ3n) is 2.11. The Morgan fingerprint density at radius 3 is 3.00 bits per heavy atom. The van der Waals surface area contributed by atoms with E-state index in [-0.39, 0.29) is 0 Å². The molecule has 1 heterocycles. The summed E-state index contributed by atoms with van der Waals surface area (Å²) in [6.07, 6.45) is 13.0. The summed E-state index contributed by atoms with van der Waals surface area (Å²) in [5, 5.41) is 0. The van der Waals surface area contributed by atoms with Crippen LogP contribution in [0.2, 0.25) is 0 Å². The standard InChI is InChI=1S/C13H12O/c1-2-12-9-10-13(14-12)11-7-5-3-4-6-8-11/h2-5,7-10H,1,6H2. The van der Waals surface area contributed by atoms with Crippen LogP contribution in [0.4, 0.5) is 0 Å². The van der Waals surface area contributed by atoms with Crippen LogP contribution in [0.25, 0.3) is 11.6 Å². The predicted molar refractivity (Wildman–Crippen MR) is 59.7 cm³/mol. The van der Waals surface area contributed by atoms with Crippen LogP contribution >= 0.6 is 0 Å². The summed E-state index contributed by atoms with van der Waals surface area (Å²) >= 11 is 0. The zero-order chi connectivity index (χ0) is 9.80. The molecule has 2 rings (SSSR count). The molecule has 0 saturated carbocycles. The molecule has 1 aromatic rings. The van der Waals surface area contributed by atoms with Crippen LogP contribution in [0.5, 0.6) is 0 Å². The van der Waals surface area contributed by atoms with Crippen LogP contribution in [0.15, 0.2) is 53.5 Å². The Morgan fingerprint density at radius 2 is 2.21 bits per heavy atom. The van der Waals surface area contributed by atoms with Gasteiger partial charge in [0, 0.05) is 5.57 Å². The van der Waals surface area contributed by atoms with Gasteiger partial charge in [0.2, 0.25) is 0 Å². The summed E-state index contributed by atoms with van der Waals surface area (Å²) in [7, 11) is 0. The molecule has 0 bridgehead atoms. The number of furan rings is 1. The summed E-state index contributed by atoms with van der Waals surface area (Å²) in [5.74, 6) is 1.71. The quantitative estimate of drug-likeness (QED) is 0.681. The van der Waals surface area contributed by atoms with Gasteiger partial charge in [-0.1, -0.05) is 37.0 Å². The molecule has 1 aromatic heterocycles. The predicted octanol–water partition coefficient (Wildman–Crippen LogP) is 3.82. The average molecular weight is 184 g/mol. The fraction of sp³-hybridized carbons (Fsp3) is 0.0769. The molecule has 0 spiro atoms. The fourth-order valence-corrected chi connectivity index (χ4v) is 1.38. The van der Waals surface area contributed by atoms with Crippen molar-refractivity contribution in [2.45, 2.75) is 6.42 Å². The van der Waals surface area contributed by atoms with E-state index < -0.39 is 0 Å². The number of hydrogen-bond acceptors (Lipinski definition) is 1.